The van der Waals surface area contributed by atoms with Crippen LogP contribution in [0.4, 0.5) is 23.1 Å². The van der Waals surface area contributed by atoms with Gasteiger partial charge in [0.2, 0.25) is 17.8 Å². The van der Waals surface area contributed by atoms with Crippen molar-refractivity contribution < 1.29 is 37.1 Å². The molecule has 61 heavy (non-hydrogen) atoms. The molecule has 4 amide bonds. The van der Waals surface area contributed by atoms with Gasteiger partial charge in [0.25, 0.3) is 11.8 Å². The Morgan fingerprint density at radius 2 is 1.67 bits per heavy atom. The number of fused-ring (bicyclic) bond motifs is 1. The molecule has 0 aliphatic carbocycles. The molecule has 4 aromatic rings. The van der Waals surface area contributed by atoms with Crippen LogP contribution in [-0.2, 0) is 19.4 Å². The van der Waals surface area contributed by atoms with Gasteiger partial charge in [-0.1, -0.05) is 29.8 Å². The van der Waals surface area contributed by atoms with E-state index in [1.807, 2.05) is 19.9 Å². The lowest BCUT2D eigenvalue weighted by atomic mass is 9.86. The molecular weight excluding hydrogens is 822 g/mol. The van der Waals surface area contributed by atoms with Gasteiger partial charge in [0.15, 0.2) is 15.7 Å². The van der Waals surface area contributed by atoms with Gasteiger partial charge < -0.3 is 25.0 Å². The number of nitrogens with zero attached hydrogens (tertiary/aromatic N) is 4. The number of anilines is 4. The van der Waals surface area contributed by atoms with Crippen LogP contribution < -0.4 is 25.4 Å². The van der Waals surface area contributed by atoms with E-state index in [1.165, 1.54) is 11.8 Å². The Labute approximate surface area is 360 Å². The third kappa shape index (κ3) is 9.36. The minimum atomic E-state index is -3.59. The molecule has 17 heteroatoms. The van der Waals surface area contributed by atoms with Crippen LogP contribution in [0.25, 0.3) is 0 Å². The van der Waals surface area contributed by atoms with Crippen LogP contribution in [0.15, 0.2) is 65.7 Å². The van der Waals surface area contributed by atoms with Crippen molar-refractivity contribution in [2.24, 2.45) is 0 Å². The molecule has 3 aromatic carbocycles. The standard InChI is InChI=1S/C44H50ClN7O8S/c1-25(2)60-36-23-30(27(5)22-33(36)48-44-46-24-31(45)40(50-44)47-32-11-6-7-13-37(32)61(57,58)26(3)4)28-16-19-51(20-17-28)18-9-21-59-35-12-8-10-29-39(35)43(56)52(42(29)55)34-14-15-38(53)49-41(34)54/h6-8,10-13,22-26,28,34H,9,14-21H2,1-5H3,(H,49,53,54)(H2,46,47,48,50). The first kappa shape index (κ1) is 43.5. The summed E-state index contributed by atoms with van der Waals surface area (Å²) in [6, 6.07) is 14.6. The predicted molar refractivity (Wildman–Crippen MR) is 231 cm³/mol. The fraction of sp³-hybridized carbons (Fsp3) is 0.409. The maximum absolute atomic E-state index is 13.4. The van der Waals surface area contributed by atoms with Crippen LogP contribution in [0.5, 0.6) is 11.5 Å². The smallest absolute Gasteiger partial charge is 0.266 e. The summed E-state index contributed by atoms with van der Waals surface area (Å²) in [7, 11) is -3.59. The molecule has 0 bridgehead atoms. The normalized spacial score (nSPS) is 17.5. The Bertz CT molecular complexity index is 2470. The zero-order valence-electron chi connectivity index (χ0n) is 34.8. The van der Waals surface area contributed by atoms with E-state index >= 15 is 0 Å². The lowest BCUT2D eigenvalue weighted by Gasteiger charge is -2.33. The Hall–Kier alpha value is -5.58. The molecule has 2 saturated heterocycles. The fourth-order valence-electron chi connectivity index (χ4n) is 7.97. The van der Waals surface area contributed by atoms with Crippen molar-refractivity contribution in [3.63, 3.8) is 0 Å². The highest BCUT2D eigenvalue weighted by molar-refractivity contribution is 7.92. The highest BCUT2D eigenvalue weighted by Crippen LogP contribution is 2.39. The number of ether oxygens (including phenoxy) is 2. The number of hydrogen-bond donors (Lipinski definition) is 3. The lowest BCUT2D eigenvalue weighted by Crippen LogP contribution is -2.54. The molecule has 7 rings (SSSR count). The molecule has 0 radical (unpaired) electrons. The number of nitrogens with one attached hydrogen (secondary N) is 3. The largest absolute Gasteiger partial charge is 0.493 e. The second kappa shape index (κ2) is 18.2. The van der Waals surface area contributed by atoms with Gasteiger partial charge in [-0.3, -0.25) is 29.4 Å². The number of likely N-dealkylation sites (tertiary alicyclic amines) is 1. The second-order valence-corrected chi connectivity index (χ2v) is 18.9. The summed E-state index contributed by atoms with van der Waals surface area (Å²) in [6.45, 7) is 12.2. The molecule has 0 saturated carbocycles. The first-order valence-electron chi connectivity index (χ1n) is 20.5. The van der Waals surface area contributed by atoms with Crippen molar-refractivity contribution in [1.82, 2.24) is 25.1 Å². The van der Waals surface area contributed by atoms with E-state index in [2.05, 4.69) is 43.8 Å². The first-order valence-corrected chi connectivity index (χ1v) is 22.4. The summed E-state index contributed by atoms with van der Waals surface area (Å²) in [5, 5.41) is 8.23. The number of carbonyl (C=O) groups excluding carboxylic acids is 4. The quantitative estimate of drug-likeness (QED) is 0.0824. The van der Waals surface area contributed by atoms with E-state index in [4.69, 9.17) is 21.1 Å². The van der Waals surface area contributed by atoms with E-state index in [1.54, 1.807) is 56.3 Å². The number of aromatic nitrogens is 2. The van der Waals surface area contributed by atoms with Crippen LogP contribution in [0, 0.1) is 6.92 Å². The van der Waals surface area contributed by atoms with Crippen molar-refractivity contribution in [3.8, 4) is 11.5 Å². The molecule has 0 spiro atoms. The molecule has 3 N–H and O–H groups in total. The summed E-state index contributed by atoms with van der Waals surface area (Å²) in [4.78, 5) is 63.3. The second-order valence-electron chi connectivity index (χ2n) is 16.0. The van der Waals surface area contributed by atoms with E-state index in [9.17, 15) is 27.6 Å². The number of amides is 4. The third-order valence-corrected chi connectivity index (χ3v) is 13.6. The topological polar surface area (TPSA) is 189 Å². The number of para-hydroxylation sites is 1. The highest BCUT2D eigenvalue weighted by atomic mass is 35.5. The van der Waals surface area contributed by atoms with E-state index in [0.717, 1.165) is 42.9 Å². The monoisotopic (exact) mass is 871 g/mol. The minimum absolute atomic E-state index is 0.0532. The number of carbonyl (C=O) groups is 4. The Morgan fingerprint density at radius 3 is 2.39 bits per heavy atom. The molecule has 2 fully saturated rings. The summed E-state index contributed by atoms with van der Waals surface area (Å²) < 4.78 is 38.5. The van der Waals surface area contributed by atoms with E-state index < -0.39 is 44.8 Å². The van der Waals surface area contributed by atoms with Crippen molar-refractivity contribution in [1.29, 1.82) is 0 Å². The highest BCUT2D eigenvalue weighted by Gasteiger charge is 2.46. The summed E-state index contributed by atoms with van der Waals surface area (Å²) in [5.74, 6) is -0.460. The van der Waals surface area contributed by atoms with Crippen molar-refractivity contribution in [2.75, 3.05) is 36.9 Å². The van der Waals surface area contributed by atoms with Gasteiger partial charge in [-0.2, -0.15) is 4.98 Å². The maximum Gasteiger partial charge on any atom is 0.266 e. The van der Waals surface area contributed by atoms with E-state index in [-0.39, 0.29) is 51.8 Å². The number of sulfone groups is 1. The number of halogens is 1. The van der Waals surface area contributed by atoms with Crippen molar-refractivity contribution >= 4 is 68.2 Å². The molecule has 15 nitrogen and oxygen atoms in total. The molecule has 3 aliphatic heterocycles. The van der Waals surface area contributed by atoms with Crippen molar-refractivity contribution in [2.45, 2.75) is 94.9 Å². The lowest BCUT2D eigenvalue weighted by molar-refractivity contribution is -0.136. The number of hydrogen-bond acceptors (Lipinski definition) is 13. The summed E-state index contributed by atoms with van der Waals surface area (Å²) in [6.07, 6.45) is 4.08. The minimum Gasteiger partial charge on any atom is -0.493 e. The van der Waals surface area contributed by atoms with Gasteiger partial charge >= 0.3 is 0 Å². The van der Waals surface area contributed by atoms with Crippen LogP contribution in [0.2, 0.25) is 5.02 Å². The summed E-state index contributed by atoms with van der Waals surface area (Å²) in [5.41, 5.74) is 3.67. The zero-order chi connectivity index (χ0) is 43.6. The summed E-state index contributed by atoms with van der Waals surface area (Å²) >= 11 is 6.50. The third-order valence-electron chi connectivity index (χ3n) is 11.1. The maximum atomic E-state index is 13.4. The number of piperidine rings is 2. The Morgan fingerprint density at radius 1 is 0.918 bits per heavy atom. The molecule has 4 heterocycles. The number of rotatable bonds is 15. The molecule has 1 aromatic heterocycles. The average molecular weight is 872 g/mol. The molecule has 1 atom stereocenters. The van der Waals surface area contributed by atoms with Crippen LogP contribution in [0.1, 0.15) is 97.6 Å². The van der Waals surface area contributed by atoms with Gasteiger partial charge in [-0.15, -0.1) is 0 Å². The SMILES string of the molecule is Cc1cc(Nc2ncc(Cl)c(Nc3ccccc3S(=O)(=O)C(C)C)n2)c(OC(C)C)cc1C1CCN(CCCOc2cccc3c2C(=O)N(C2CCC(=O)NC2=O)C3=O)CC1. The molecule has 1 unspecified atom stereocenters. The van der Waals surface area contributed by atoms with Crippen LogP contribution in [0.3, 0.4) is 0 Å². The molecule has 3 aliphatic rings. The number of imide groups is 2. The first-order chi connectivity index (χ1) is 29.1. The molecular formula is C44H50ClN7O8S. The fourth-order valence-corrected chi connectivity index (χ4v) is 9.31. The van der Waals surface area contributed by atoms with Crippen LogP contribution >= 0.6 is 11.6 Å². The number of benzene rings is 3. The van der Waals surface area contributed by atoms with Gasteiger partial charge in [0.1, 0.15) is 22.6 Å². The van der Waals surface area contributed by atoms with Gasteiger partial charge in [-0.25, -0.2) is 13.4 Å². The Kier molecular flexibility index (Phi) is 13.0. The van der Waals surface area contributed by atoms with Crippen LogP contribution in [-0.4, -0.2) is 95.5 Å². The van der Waals surface area contributed by atoms with Crippen molar-refractivity contribution in [3.05, 3.63) is 88.1 Å². The van der Waals surface area contributed by atoms with E-state index in [0.29, 0.717) is 41.8 Å². The average Bonchev–Trinajstić information content (AvgIpc) is 3.47. The predicted octanol–water partition coefficient (Wildman–Crippen LogP) is 6.94. The molecule has 322 valence electrons. The zero-order valence-corrected chi connectivity index (χ0v) is 36.4. The van der Waals surface area contributed by atoms with Gasteiger partial charge in [0, 0.05) is 13.0 Å². The van der Waals surface area contributed by atoms with Gasteiger partial charge in [0.05, 0.1) is 51.6 Å². The Balaban J connectivity index is 0.964. The van der Waals surface area contributed by atoms with Gasteiger partial charge in [-0.05, 0) is 127 Å². The number of aryl methyl sites for hydroxylation is 1.